The monoisotopic (exact) mass is 810 g/mol. The highest BCUT2D eigenvalue weighted by Crippen LogP contribution is 2.44. The molecule has 0 radical (unpaired) electrons. The van der Waals surface area contributed by atoms with Gasteiger partial charge in [-0.15, -0.1) is 0 Å². The number of para-hydroxylation sites is 2. The number of hydrogen-bond donors (Lipinski definition) is 0. The van der Waals surface area contributed by atoms with Crippen molar-refractivity contribution in [3.05, 3.63) is 191 Å². The van der Waals surface area contributed by atoms with Crippen LogP contribution >= 0.6 is 0 Å². The van der Waals surface area contributed by atoms with Gasteiger partial charge in [0.15, 0.2) is 0 Å². The average Bonchev–Trinajstić information content (AvgIpc) is 3.77. The van der Waals surface area contributed by atoms with Crippen molar-refractivity contribution < 1.29 is 13.2 Å². The third-order valence-electron chi connectivity index (χ3n) is 12.1. The van der Waals surface area contributed by atoms with E-state index in [-0.39, 0.29) is 22.3 Å². The van der Waals surface area contributed by atoms with Gasteiger partial charge >= 0.3 is 6.18 Å². The lowest BCUT2D eigenvalue weighted by molar-refractivity contribution is -0.137. The lowest BCUT2D eigenvalue weighted by Gasteiger charge is -2.20. The fourth-order valence-electron chi connectivity index (χ4n) is 9.35. The molecule has 8 aromatic carbocycles. The van der Waals surface area contributed by atoms with E-state index in [1.165, 1.54) is 22.8 Å². The van der Waals surface area contributed by atoms with Crippen LogP contribution in [0.25, 0.3) is 88.4 Å². The van der Waals surface area contributed by atoms with Gasteiger partial charge in [-0.3, -0.25) is 0 Å². The first-order valence-electron chi connectivity index (χ1n) is 20.3. The van der Waals surface area contributed by atoms with Crippen LogP contribution in [-0.2, 0) is 6.18 Å². The highest BCUT2D eigenvalue weighted by Gasteiger charge is 2.32. The number of nitriles is 2. The molecule has 0 atom stereocenters. The molecule has 0 aliphatic rings. The van der Waals surface area contributed by atoms with Gasteiger partial charge in [-0.05, 0) is 133 Å². The van der Waals surface area contributed by atoms with Gasteiger partial charge in [0, 0.05) is 27.1 Å². The molecule has 0 bridgehead atoms. The van der Waals surface area contributed by atoms with E-state index in [9.17, 15) is 23.7 Å². The van der Waals surface area contributed by atoms with Gasteiger partial charge in [-0.1, -0.05) is 96.1 Å². The molecule has 7 heteroatoms. The summed E-state index contributed by atoms with van der Waals surface area (Å²) in [4.78, 5) is 0. The third-order valence-corrected chi connectivity index (χ3v) is 12.1. The van der Waals surface area contributed by atoms with Gasteiger partial charge in [0.05, 0.1) is 62.3 Å². The topological polar surface area (TPSA) is 57.4 Å². The Kier molecular flexibility index (Phi) is 8.91. The zero-order valence-corrected chi connectivity index (χ0v) is 34.4. The number of alkyl halides is 3. The molecule has 0 aliphatic heterocycles. The first-order valence-corrected chi connectivity index (χ1v) is 20.3. The molecule has 0 N–H and O–H groups in total. The van der Waals surface area contributed by atoms with E-state index in [0.717, 1.165) is 83.6 Å². The van der Waals surface area contributed by atoms with Crippen LogP contribution in [0, 0.1) is 50.4 Å². The molecule has 10 rings (SSSR count). The third kappa shape index (κ3) is 6.21. The van der Waals surface area contributed by atoms with Crippen LogP contribution in [0.1, 0.15) is 38.9 Å². The van der Waals surface area contributed by atoms with E-state index in [1.807, 2.05) is 42.5 Å². The van der Waals surface area contributed by atoms with E-state index in [4.69, 9.17) is 0 Å². The van der Waals surface area contributed by atoms with Gasteiger partial charge in [-0.2, -0.15) is 23.7 Å². The van der Waals surface area contributed by atoms with E-state index >= 15 is 0 Å². The smallest absolute Gasteiger partial charge is 0.307 e. The molecule has 0 saturated heterocycles. The lowest BCUT2D eigenvalue weighted by atomic mass is 9.94. The van der Waals surface area contributed by atoms with E-state index in [2.05, 4.69) is 134 Å². The van der Waals surface area contributed by atoms with Gasteiger partial charge in [0.25, 0.3) is 0 Å². The molecule has 2 heterocycles. The molecule has 298 valence electrons. The van der Waals surface area contributed by atoms with Crippen LogP contribution in [-0.4, -0.2) is 9.13 Å². The van der Waals surface area contributed by atoms with Gasteiger partial charge in [0.2, 0.25) is 0 Å². The second kappa shape index (κ2) is 14.4. The summed E-state index contributed by atoms with van der Waals surface area (Å²) in [5.74, 6) is 0. The Labute approximate surface area is 356 Å². The predicted octanol–water partition coefficient (Wildman–Crippen LogP) is 14.9. The number of rotatable bonds is 5. The van der Waals surface area contributed by atoms with Crippen LogP contribution in [0.5, 0.6) is 0 Å². The quantitative estimate of drug-likeness (QED) is 0.174. The molecule has 4 nitrogen and oxygen atoms in total. The predicted molar refractivity (Wildman–Crippen MR) is 245 cm³/mol. The molecule has 62 heavy (non-hydrogen) atoms. The Morgan fingerprint density at radius 1 is 0.435 bits per heavy atom. The number of halogens is 3. The number of hydrogen-bond acceptors (Lipinski definition) is 2. The number of benzene rings is 8. The summed E-state index contributed by atoms with van der Waals surface area (Å²) in [6.45, 7) is 8.40. The summed E-state index contributed by atoms with van der Waals surface area (Å²) in [6.07, 6.45) is -4.71. The van der Waals surface area contributed by atoms with E-state index in [0.29, 0.717) is 11.4 Å². The molecule has 0 unspecified atom stereocenters. The van der Waals surface area contributed by atoms with Crippen LogP contribution < -0.4 is 0 Å². The Morgan fingerprint density at radius 2 is 0.935 bits per heavy atom. The Balaban J connectivity index is 1.32. The van der Waals surface area contributed by atoms with Crippen molar-refractivity contribution in [2.45, 2.75) is 33.9 Å². The molecule has 10 aromatic rings. The van der Waals surface area contributed by atoms with Crippen LogP contribution in [0.4, 0.5) is 13.2 Å². The Morgan fingerprint density at radius 3 is 1.42 bits per heavy atom. The van der Waals surface area contributed by atoms with Crippen LogP contribution in [0.15, 0.2) is 152 Å². The number of aryl methyl sites for hydroxylation is 4. The highest BCUT2D eigenvalue weighted by molar-refractivity contribution is 6.13. The van der Waals surface area contributed by atoms with Gasteiger partial charge < -0.3 is 9.13 Å². The molecule has 0 fully saturated rings. The average molecular weight is 811 g/mol. The summed E-state index contributed by atoms with van der Waals surface area (Å²) in [5.41, 5.74) is 13.5. The summed E-state index contributed by atoms with van der Waals surface area (Å²) < 4.78 is 47.4. The first kappa shape index (κ1) is 38.3. The fourth-order valence-corrected chi connectivity index (χ4v) is 9.35. The van der Waals surface area contributed by atoms with Crippen molar-refractivity contribution in [3.63, 3.8) is 0 Å². The van der Waals surface area contributed by atoms with Crippen molar-refractivity contribution in [2.75, 3.05) is 0 Å². The number of fused-ring (bicyclic) bond motifs is 6. The van der Waals surface area contributed by atoms with Gasteiger partial charge in [0.1, 0.15) is 0 Å². The summed E-state index contributed by atoms with van der Waals surface area (Å²) in [6, 6.07) is 53.2. The lowest BCUT2D eigenvalue weighted by Crippen LogP contribution is -2.07. The summed E-state index contributed by atoms with van der Waals surface area (Å²) in [5, 5.41) is 24.8. The van der Waals surface area contributed by atoms with Crippen molar-refractivity contribution in [1.82, 2.24) is 9.13 Å². The number of nitrogens with zero attached hydrogens (tertiary/aromatic N) is 4. The fraction of sp³-hybridized carbons (Fsp3) is 0.0909. The van der Waals surface area contributed by atoms with Gasteiger partial charge in [-0.25, -0.2) is 0 Å². The molecule has 0 amide bonds. The maximum atomic E-state index is 14.4. The summed E-state index contributed by atoms with van der Waals surface area (Å²) in [7, 11) is 0. The van der Waals surface area contributed by atoms with Crippen LogP contribution in [0.3, 0.4) is 0 Å². The molecule has 0 saturated carbocycles. The van der Waals surface area contributed by atoms with Crippen molar-refractivity contribution >= 4 is 43.6 Å². The Hall–Kier alpha value is -7.87. The van der Waals surface area contributed by atoms with E-state index in [1.54, 1.807) is 6.07 Å². The first-order chi connectivity index (χ1) is 29.9. The molecular formula is C55H37F3N4. The molecule has 0 spiro atoms. The zero-order chi connectivity index (χ0) is 43.0. The minimum absolute atomic E-state index is 0.124. The van der Waals surface area contributed by atoms with Crippen molar-refractivity contribution in [1.29, 1.82) is 10.5 Å². The molecular weight excluding hydrogens is 774 g/mol. The van der Waals surface area contributed by atoms with Crippen molar-refractivity contribution in [3.8, 4) is 56.9 Å². The minimum Gasteiger partial charge on any atom is -0.307 e. The molecule has 0 aliphatic carbocycles. The number of aromatic nitrogens is 2. The standard InChI is InChI=1S/C55H37F3N4/c1-32-13-17-42(34(3)21-32)37-15-19-51-47(26-37)44-9-5-7-11-49(44)61(51)53-28-40(31-60)46(39-23-36(30-59)24-41(25-39)55(56,57)58)29-54(53)62-50-12-8-6-10-45(50)48-27-38(16-20-52(48)62)43-18-14-33(2)22-35(43)4/h5-29H,1-4H3. The SMILES string of the molecule is Cc1ccc(-c2ccc3c(c2)c2ccccc2n3-c2cc(C#N)c(-c3cc(C#N)cc(C(F)(F)F)c3)cc2-n2c3ccccc3c3cc(-c4ccc(C)cc4C)ccc32)c(C)c1. The Bertz CT molecular complexity index is 3590. The minimum atomic E-state index is -4.71. The normalized spacial score (nSPS) is 11.8. The van der Waals surface area contributed by atoms with Crippen molar-refractivity contribution in [2.24, 2.45) is 0 Å². The second-order valence-corrected chi connectivity index (χ2v) is 16.2. The maximum absolute atomic E-state index is 14.4. The molecule has 2 aromatic heterocycles. The van der Waals surface area contributed by atoms with E-state index < -0.39 is 11.7 Å². The second-order valence-electron chi connectivity index (χ2n) is 16.2. The summed E-state index contributed by atoms with van der Waals surface area (Å²) >= 11 is 0. The highest BCUT2D eigenvalue weighted by atomic mass is 19.4. The zero-order valence-electron chi connectivity index (χ0n) is 34.4. The van der Waals surface area contributed by atoms with Crippen LogP contribution in [0.2, 0.25) is 0 Å². The largest absolute Gasteiger partial charge is 0.416 e. The maximum Gasteiger partial charge on any atom is 0.416 e.